The average molecular weight is 452 g/mol. The summed E-state index contributed by atoms with van der Waals surface area (Å²) in [7, 11) is 0. The van der Waals surface area contributed by atoms with Gasteiger partial charge in [-0.3, -0.25) is 0 Å². The number of alkyl halides is 3. The maximum Gasteiger partial charge on any atom is 0.416 e. The number of halogens is 3. The molecule has 2 atom stereocenters. The Kier molecular flexibility index (Phi) is 4.50. The van der Waals surface area contributed by atoms with Gasteiger partial charge in [0, 0.05) is 23.1 Å². The van der Waals surface area contributed by atoms with Crippen molar-refractivity contribution in [3.05, 3.63) is 89.0 Å². The molecule has 5 nitrogen and oxygen atoms in total. The first-order chi connectivity index (χ1) is 16.0. The van der Waals surface area contributed by atoms with E-state index in [1.807, 2.05) is 42.5 Å². The molecule has 33 heavy (non-hydrogen) atoms. The number of nitrogens with zero attached hydrogens (tertiary/aromatic N) is 2. The van der Waals surface area contributed by atoms with Gasteiger partial charge in [0.1, 0.15) is 19.0 Å². The highest BCUT2D eigenvalue weighted by Crippen LogP contribution is 2.48. The van der Waals surface area contributed by atoms with Gasteiger partial charge < -0.3 is 14.2 Å². The Morgan fingerprint density at radius 3 is 2.52 bits per heavy atom. The number of benzene rings is 3. The molecular weight excluding hydrogens is 433 g/mol. The van der Waals surface area contributed by atoms with Crippen LogP contribution in [-0.4, -0.2) is 23.9 Å². The van der Waals surface area contributed by atoms with Crippen LogP contribution in [0.1, 0.15) is 40.9 Å². The standard InChI is InChI=1S/C25H19F3N2O3/c26-25(27,28)17-5-3-4-16(12-17)24-30-20(18-6-1-2-7-21(18)33-24)14-19(29-30)15-8-9-22-23(13-15)32-11-10-31-22/h1-9,12-13,20,24H,10-11,14H2/t20-,24+/m0/s1. The lowest BCUT2D eigenvalue weighted by atomic mass is 9.95. The van der Waals surface area contributed by atoms with E-state index in [4.69, 9.17) is 19.3 Å². The van der Waals surface area contributed by atoms with Crippen molar-refractivity contribution in [2.24, 2.45) is 5.10 Å². The van der Waals surface area contributed by atoms with Crippen molar-refractivity contribution >= 4 is 5.71 Å². The Morgan fingerprint density at radius 2 is 1.67 bits per heavy atom. The summed E-state index contributed by atoms with van der Waals surface area (Å²) in [5.74, 6) is 2.01. The van der Waals surface area contributed by atoms with Crippen LogP contribution in [0.2, 0.25) is 0 Å². The molecule has 0 N–H and O–H groups in total. The predicted octanol–water partition coefficient (Wildman–Crippen LogP) is 5.72. The minimum Gasteiger partial charge on any atom is -0.486 e. The second-order valence-corrected chi connectivity index (χ2v) is 8.14. The Morgan fingerprint density at radius 1 is 0.848 bits per heavy atom. The zero-order valence-electron chi connectivity index (χ0n) is 17.4. The number of hydrazone groups is 1. The quantitative estimate of drug-likeness (QED) is 0.499. The molecule has 0 amide bonds. The third kappa shape index (κ3) is 3.46. The fourth-order valence-electron chi connectivity index (χ4n) is 4.52. The van der Waals surface area contributed by atoms with Crippen LogP contribution < -0.4 is 14.2 Å². The molecule has 3 heterocycles. The van der Waals surface area contributed by atoms with Gasteiger partial charge in [0.05, 0.1) is 17.3 Å². The van der Waals surface area contributed by atoms with E-state index in [2.05, 4.69) is 0 Å². The van der Waals surface area contributed by atoms with Gasteiger partial charge in [-0.1, -0.05) is 30.3 Å². The van der Waals surface area contributed by atoms with Crippen molar-refractivity contribution in [3.8, 4) is 17.2 Å². The Bertz CT molecular complexity index is 1260. The first kappa shape index (κ1) is 20.0. The van der Waals surface area contributed by atoms with E-state index in [0.29, 0.717) is 42.4 Å². The van der Waals surface area contributed by atoms with Crippen LogP contribution in [0.5, 0.6) is 17.2 Å². The molecular formula is C25H19F3N2O3. The van der Waals surface area contributed by atoms with E-state index in [-0.39, 0.29) is 6.04 Å². The van der Waals surface area contributed by atoms with Crippen LogP contribution >= 0.6 is 0 Å². The number of ether oxygens (including phenoxy) is 3. The molecule has 0 saturated carbocycles. The van der Waals surface area contributed by atoms with Gasteiger partial charge in [-0.15, -0.1) is 0 Å². The van der Waals surface area contributed by atoms with Gasteiger partial charge >= 0.3 is 6.18 Å². The van der Waals surface area contributed by atoms with Gasteiger partial charge in [-0.2, -0.15) is 18.3 Å². The summed E-state index contributed by atoms with van der Waals surface area (Å²) in [5, 5.41) is 6.59. The molecule has 0 saturated heterocycles. The van der Waals surface area contributed by atoms with E-state index in [9.17, 15) is 13.2 Å². The number of rotatable bonds is 2. The van der Waals surface area contributed by atoms with Crippen LogP contribution in [0.25, 0.3) is 0 Å². The highest BCUT2D eigenvalue weighted by atomic mass is 19.4. The van der Waals surface area contributed by atoms with Crippen molar-refractivity contribution in [1.29, 1.82) is 0 Å². The topological polar surface area (TPSA) is 43.3 Å². The zero-order valence-corrected chi connectivity index (χ0v) is 17.4. The monoisotopic (exact) mass is 452 g/mol. The van der Waals surface area contributed by atoms with Crippen LogP contribution in [-0.2, 0) is 6.18 Å². The summed E-state index contributed by atoms with van der Waals surface area (Å²) in [6.45, 7) is 0.993. The predicted molar refractivity (Wildman–Crippen MR) is 114 cm³/mol. The number of fused-ring (bicyclic) bond motifs is 4. The van der Waals surface area contributed by atoms with Gasteiger partial charge in [0.25, 0.3) is 0 Å². The highest BCUT2D eigenvalue weighted by molar-refractivity contribution is 6.02. The van der Waals surface area contributed by atoms with E-state index in [0.717, 1.165) is 29.0 Å². The Hall–Kier alpha value is -3.68. The molecule has 0 fully saturated rings. The molecule has 0 radical (unpaired) electrons. The van der Waals surface area contributed by atoms with Crippen molar-refractivity contribution in [2.45, 2.75) is 24.9 Å². The molecule has 6 rings (SSSR count). The minimum atomic E-state index is -4.44. The van der Waals surface area contributed by atoms with Crippen molar-refractivity contribution in [3.63, 3.8) is 0 Å². The second kappa shape index (κ2) is 7.43. The molecule has 0 spiro atoms. The van der Waals surface area contributed by atoms with E-state index >= 15 is 0 Å². The fourth-order valence-corrected chi connectivity index (χ4v) is 4.52. The normalized spacial score (nSPS) is 21.1. The largest absolute Gasteiger partial charge is 0.486 e. The van der Waals surface area contributed by atoms with Crippen LogP contribution in [0.15, 0.2) is 71.8 Å². The summed E-state index contributed by atoms with van der Waals surface area (Å²) >= 11 is 0. The lowest BCUT2D eigenvalue weighted by molar-refractivity contribution is -0.137. The van der Waals surface area contributed by atoms with Crippen LogP contribution in [0, 0.1) is 0 Å². The second-order valence-electron chi connectivity index (χ2n) is 8.14. The molecule has 0 aromatic heterocycles. The molecule has 0 unspecified atom stereocenters. The molecule has 168 valence electrons. The first-order valence-corrected chi connectivity index (χ1v) is 10.7. The van der Waals surface area contributed by atoms with Crippen molar-refractivity contribution < 1.29 is 27.4 Å². The maximum atomic E-state index is 13.4. The van der Waals surface area contributed by atoms with Crippen molar-refractivity contribution in [2.75, 3.05) is 13.2 Å². The van der Waals surface area contributed by atoms with Gasteiger partial charge in [0.2, 0.25) is 6.23 Å². The zero-order chi connectivity index (χ0) is 22.6. The SMILES string of the molecule is FC(F)(F)c1cccc([C@H]2Oc3ccccc3[C@@H]3CC(c4ccc5c(c4)OCCO5)=NN23)c1. The van der Waals surface area contributed by atoms with E-state index < -0.39 is 18.0 Å². The molecule has 0 bridgehead atoms. The summed E-state index contributed by atoms with van der Waals surface area (Å²) < 4.78 is 57.6. The van der Waals surface area contributed by atoms with E-state index in [1.54, 1.807) is 11.1 Å². The molecule has 3 aliphatic rings. The van der Waals surface area contributed by atoms with Gasteiger partial charge in [-0.25, -0.2) is 5.01 Å². The van der Waals surface area contributed by atoms with E-state index in [1.165, 1.54) is 6.07 Å². The lowest BCUT2D eigenvalue weighted by Crippen LogP contribution is -2.33. The summed E-state index contributed by atoms with van der Waals surface area (Å²) in [6, 6.07) is 18.4. The third-order valence-electron chi connectivity index (χ3n) is 6.07. The van der Waals surface area contributed by atoms with Gasteiger partial charge in [0.15, 0.2) is 11.5 Å². The summed E-state index contributed by atoms with van der Waals surface area (Å²) in [6.07, 6.45) is -4.62. The fraction of sp³-hybridized carbons (Fsp3) is 0.240. The number of hydrogen-bond acceptors (Lipinski definition) is 5. The Balaban J connectivity index is 1.41. The number of hydrogen-bond donors (Lipinski definition) is 0. The minimum absolute atomic E-state index is 0.155. The lowest BCUT2D eigenvalue weighted by Gasteiger charge is -2.38. The molecule has 3 aromatic carbocycles. The van der Waals surface area contributed by atoms with Crippen LogP contribution in [0.3, 0.4) is 0 Å². The highest BCUT2D eigenvalue weighted by Gasteiger charge is 2.42. The average Bonchev–Trinajstić information content (AvgIpc) is 3.29. The Labute approximate surface area is 188 Å². The molecule has 3 aliphatic heterocycles. The molecule has 8 heteroatoms. The summed E-state index contributed by atoms with van der Waals surface area (Å²) in [4.78, 5) is 0. The smallest absolute Gasteiger partial charge is 0.416 e. The maximum absolute atomic E-state index is 13.4. The third-order valence-corrected chi connectivity index (χ3v) is 6.07. The molecule has 0 aliphatic carbocycles. The number of para-hydroxylation sites is 1. The first-order valence-electron chi connectivity index (χ1n) is 10.7. The van der Waals surface area contributed by atoms with Crippen molar-refractivity contribution in [1.82, 2.24) is 5.01 Å². The summed E-state index contributed by atoms with van der Waals surface area (Å²) in [5.41, 5.74) is 2.34. The molecule has 3 aromatic rings. The van der Waals surface area contributed by atoms with Gasteiger partial charge in [-0.05, 0) is 36.4 Å². The van der Waals surface area contributed by atoms with Crippen LogP contribution in [0.4, 0.5) is 13.2 Å².